The fraction of sp³-hybridized carbons (Fsp3) is 0.250. The van der Waals surface area contributed by atoms with E-state index in [1.807, 2.05) is 0 Å². The van der Waals surface area contributed by atoms with Crippen LogP contribution in [-0.4, -0.2) is 6.54 Å². The first-order valence-electron chi connectivity index (χ1n) is 6.55. The van der Waals surface area contributed by atoms with Crippen molar-refractivity contribution in [2.45, 2.75) is 19.4 Å². The van der Waals surface area contributed by atoms with Crippen LogP contribution in [0.3, 0.4) is 0 Å². The van der Waals surface area contributed by atoms with E-state index in [9.17, 15) is 0 Å². The van der Waals surface area contributed by atoms with E-state index in [1.54, 1.807) is 0 Å². The first-order chi connectivity index (χ1) is 9.61. The monoisotopic (exact) mass is 507 g/mol. The van der Waals surface area contributed by atoms with E-state index in [1.165, 1.54) is 14.7 Å². The maximum absolute atomic E-state index is 3.68. The number of halogens is 3. The van der Waals surface area contributed by atoms with Gasteiger partial charge in [0, 0.05) is 12.5 Å². The van der Waals surface area contributed by atoms with Crippen LogP contribution in [0.5, 0.6) is 0 Å². The summed E-state index contributed by atoms with van der Waals surface area (Å²) < 4.78 is 3.49. The predicted molar refractivity (Wildman–Crippen MR) is 101 cm³/mol. The molecule has 0 aromatic heterocycles. The standard InChI is InChI=1S/C16H16Br2IN/c1-2-8-20-16(11-4-3-5-13(19)9-11)14-10-12(17)6-7-15(14)18/h3-7,9-10,16,20H,2,8H2,1H3. The average Bonchev–Trinajstić information content (AvgIpc) is 2.43. The SMILES string of the molecule is CCCNC(c1cccc(I)c1)c1cc(Br)ccc1Br. The van der Waals surface area contributed by atoms with Crippen LogP contribution in [0.4, 0.5) is 0 Å². The molecule has 2 rings (SSSR count). The second-order valence-corrected chi connectivity index (χ2v) is 7.62. The summed E-state index contributed by atoms with van der Waals surface area (Å²) in [5, 5.41) is 3.64. The highest BCUT2D eigenvalue weighted by molar-refractivity contribution is 14.1. The van der Waals surface area contributed by atoms with E-state index in [0.717, 1.165) is 21.9 Å². The third-order valence-corrected chi connectivity index (χ3v) is 4.94. The summed E-state index contributed by atoms with van der Waals surface area (Å²) in [7, 11) is 0. The lowest BCUT2D eigenvalue weighted by atomic mass is 9.98. The maximum atomic E-state index is 3.68. The minimum Gasteiger partial charge on any atom is -0.306 e. The highest BCUT2D eigenvalue weighted by atomic mass is 127. The molecule has 1 atom stereocenters. The summed E-state index contributed by atoms with van der Waals surface area (Å²) in [4.78, 5) is 0. The van der Waals surface area contributed by atoms with Crippen molar-refractivity contribution < 1.29 is 0 Å². The lowest BCUT2D eigenvalue weighted by Gasteiger charge is -2.21. The Labute approximate surface area is 150 Å². The summed E-state index contributed by atoms with van der Waals surface area (Å²) in [6, 6.07) is 15.2. The smallest absolute Gasteiger partial charge is 0.0588 e. The topological polar surface area (TPSA) is 12.0 Å². The third-order valence-electron chi connectivity index (χ3n) is 3.05. The molecule has 0 bridgehead atoms. The maximum Gasteiger partial charge on any atom is 0.0588 e. The van der Waals surface area contributed by atoms with Gasteiger partial charge in [-0.25, -0.2) is 0 Å². The molecular weight excluding hydrogens is 493 g/mol. The molecule has 0 spiro atoms. The summed E-state index contributed by atoms with van der Waals surface area (Å²) in [5.41, 5.74) is 2.55. The molecule has 0 fully saturated rings. The van der Waals surface area contributed by atoms with Crippen molar-refractivity contribution in [1.82, 2.24) is 5.32 Å². The summed E-state index contributed by atoms with van der Waals surface area (Å²) in [6.07, 6.45) is 1.12. The largest absolute Gasteiger partial charge is 0.306 e. The van der Waals surface area contributed by atoms with Crippen LogP contribution in [0.15, 0.2) is 51.4 Å². The molecule has 0 amide bonds. The van der Waals surface area contributed by atoms with Gasteiger partial charge in [-0.3, -0.25) is 0 Å². The second kappa shape index (κ2) is 7.92. The van der Waals surface area contributed by atoms with E-state index in [4.69, 9.17) is 0 Å². The third kappa shape index (κ3) is 4.29. The molecule has 1 nitrogen and oxygen atoms in total. The van der Waals surface area contributed by atoms with Crippen LogP contribution < -0.4 is 5.32 Å². The van der Waals surface area contributed by atoms with E-state index in [2.05, 4.69) is 109 Å². The Kier molecular flexibility index (Phi) is 6.52. The first-order valence-corrected chi connectivity index (χ1v) is 9.22. The molecule has 0 heterocycles. The highest BCUT2D eigenvalue weighted by Crippen LogP contribution is 2.31. The van der Waals surface area contributed by atoms with Gasteiger partial charge in [-0.1, -0.05) is 50.9 Å². The molecule has 2 aromatic carbocycles. The Balaban J connectivity index is 2.44. The van der Waals surface area contributed by atoms with Crippen molar-refractivity contribution in [2.75, 3.05) is 6.54 Å². The summed E-state index contributed by atoms with van der Waals surface area (Å²) in [5.74, 6) is 0. The van der Waals surface area contributed by atoms with Gasteiger partial charge in [0.25, 0.3) is 0 Å². The number of benzene rings is 2. The highest BCUT2D eigenvalue weighted by Gasteiger charge is 2.16. The quantitative estimate of drug-likeness (QED) is 0.495. The Bertz CT molecular complexity index is 586. The number of nitrogens with one attached hydrogen (secondary N) is 1. The fourth-order valence-electron chi connectivity index (χ4n) is 2.12. The van der Waals surface area contributed by atoms with Crippen molar-refractivity contribution in [3.8, 4) is 0 Å². The van der Waals surface area contributed by atoms with Gasteiger partial charge in [0.15, 0.2) is 0 Å². The summed E-state index contributed by atoms with van der Waals surface area (Å²) >= 11 is 9.61. The molecule has 1 unspecified atom stereocenters. The molecule has 106 valence electrons. The molecule has 0 saturated carbocycles. The molecule has 4 heteroatoms. The Morgan fingerprint density at radius 3 is 2.65 bits per heavy atom. The Morgan fingerprint density at radius 1 is 1.15 bits per heavy atom. The van der Waals surface area contributed by atoms with Gasteiger partial charge in [-0.15, -0.1) is 0 Å². The van der Waals surface area contributed by atoms with Crippen LogP contribution >= 0.6 is 54.5 Å². The normalized spacial score (nSPS) is 12.4. The van der Waals surface area contributed by atoms with Gasteiger partial charge in [0.05, 0.1) is 6.04 Å². The van der Waals surface area contributed by atoms with Crippen molar-refractivity contribution in [2.24, 2.45) is 0 Å². The Hall–Kier alpha value is 0.0900. The van der Waals surface area contributed by atoms with E-state index >= 15 is 0 Å². The van der Waals surface area contributed by atoms with E-state index in [0.29, 0.717) is 0 Å². The molecule has 1 N–H and O–H groups in total. The molecule has 0 aliphatic rings. The van der Waals surface area contributed by atoms with Crippen molar-refractivity contribution in [1.29, 1.82) is 0 Å². The minimum atomic E-state index is 0.205. The molecule has 20 heavy (non-hydrogen) atoms. The zero-order valence-electron chi connectivity index (χ0n) is 11.2. The van der Waals surface area contributed by atoms with Crippen LogP contribution in [0.2, 0.25) is 0 Å². The zero-order valence-corrected chi connectivity index (χ0v) is 16.5. The fourth-order valence-corrected chi connectivity index (χ4v) is 3.54. The van der Waals surface area contributed by atoms with Gasteiger partial charge in [-0.05, 0) is 77.0 Å². The predicted octanol–water partition coefficient (Wildman–Crippen LogP) is 5.91. The number of hydrogen-bond donors (Lipinski definition) is 1. The van der Waals surface area contributed by atoms with E-state index < -0.39 is 0 Å². The number of hydrogen-bond acceptors (Lipinski definition) is 1. The van der Waals surface area contributed by atoms with Crippen LogP contribution in [-0.2, 0) is 0 Å². The molecule has 0 aliphatic carbocycles. The van der Waals surface area contributed by atoms with Crippen molar-refractivity contribution >= 4 is 54.5 Å². The molecule has 0 saturated heterocycles. The van der Waals surface area contributed by atoms with Crippen LogP contribution in [0.25, 0.3) is 0 Å². The lowest BCUT2D eigenvalue weighted by Crippen LogP contribution is -2.23. The molecule has 0 radical (unpaired) electrons. The number of rotatable bonds is 5. The lowest BCUT2D eigenvalue weighted by molar-refractivity contribution is 0.596. The van der Waals surface area contributed by atoms with E-state index in [-0.39, 0.29) is 6.04 Å². The van der Waals surface area contributed by atoms with Gasteiger partial charge in [-0.2, -0.15) is 0 Å². The average molecular weight is 509 g/mol. The second-order valence-electron chi connectivity index (χ2n) is 4.61. The first kappa shape index (κ1) is 16.5. The van der Waals surface area contributed by atoms with Crippen LogP contribution in [0, 0.1) is 3.57 Å². The molecule has 2 aromatic rings. The van der Waals surface area contributed by atoms with Gasteiger partial charge >= 0.3 is 0 Å². The van der Waals surface area contributed by atoms with Crippen LogP contribution in [0.1, 0.15) is 30.5 Å². The summed E-state index contributed by atoms with van der Waals surface area (Å²) in [6.45, 7) is 3.18. The van der Waals surface area contributed by atoms with Gasteiger partial charge in [0.1, 0.15) is 0 Å². The Morgan fingerprint density at radius 2 is 1.95 bits per heavy atom. The van der Waals surface area contributed by atoms with Crippen molar-refractivity contribution in [3.63, 3.8) is 0 Å². The van der Waals surface area contributed by atoms with Gasteiger partial charge in [0.2, 0.25) is 0 Å². The zero-order chi connectivity index (χ0) is 14.5. The van der Waals surface area contributed by atoms with Gasteiger partial charge < -0.3 is 5.32 Å². The molecule has 0 aliphatic heterocycles. The molecular formula is C16H16Br2IN. The minimum absolute atomic E-state index is 0.205. The van der Waals surface area contributed by atoms with Crippen molar-refractivity contribution in [3.05, 3.63) is 66.1 Å².